The van der Waals surface area contributed by atoms with E-state index in [4.69, 9.17) is 14.2 Å². The summed E-state index contributed by atoms with van der Waals surface area (Å²) in [6.07, 6.45) is 2.28. The van der Waals surface area contributed by atoms with Gasteiger partial charge >= 0.3 is 12.1 Å². The number of carbonyl (C=O) groups is 2. The average Bonchev–Trinajstić information content (AvgIpc) is 3.13. The number of rotatable bonds is 8. The van der Waals surface area contributed by atoms with Crippen molar-refractivity contribution in [3.8, 4) is 0 Å². The van der Waals surface area contributed by atoms with Crippen LogP contribution in [0.1, 0.15) is 42.9 Å². The van der Waals surface area contributed by atoms with E-state index in [1.165, 1.54) is 6.20 Å². The molecule has 1 aromatic carbocycles. The van der Waals surface area contributed by atoms with Gasteiger partial charge in [-0.05, 0) is 18.4 Å². The molecule has 0 amide bonds. The Morgan fingerprint density at radius 1 is 1.04 bits per heavy atom. The summed E-state index contributed by atoms with van der Waals surface area (Å²) < 4.78 is 16.6. The number of aromatic nitrogens is 2. The summed E-state index contributed by atoms with van der Waals surface area (Å²) >= 11 is 0. The van der Waals surface area contributed by atoms with Crippen LogP contribution >= 0.6 is 0 Å². The van der Waals surface area contributed by atoms with Crippen LogP contribution in [0.15, 0.2) is 42.9 Å². The Balaban J connectivity index is 1.84. The summed E-state index contributed by atoms with van der Waals surface area (Å²) in [6, 6.07) is 9.72. The Hall–Kier alpha value is -2.83. The van der Waals surface area contributed by atoms with E-state index in [9.17, 15) is 9.59 Å². The van der Waals surface area contributed by atoms with Gasteiger partial charge < -0.3 is 18.8 Å². The second-order valence-electron chi connectivity index (χ2n) is 6.21. The van der Waals surface area contributed by atoms with E-state index in [1.54, 1.807) is 10.9 Å². The van der Waals surface area contributed by atoms with Crippen molar-refractivity contribution in [1.82, 2.24) is 9.55 Å². The maximum absolute atomic E-state index is 12.3. The fourth-order valence-electron chi connectivity index (χ4n) is 2.27. The highest BCUT2D eigenvalue weighted by Crippen LogP contribution is 2.19. The van der Waals surface area contributed by atoms with Gasteiger partial charge in [0, 0.05) is 0 Å². The number of hydrogen-bond donors (Lipinski definition) is 0. The molecule has 0 spiro atoms. The molecule has 2 rings (SSSR count). The monoisotopic (exact) mass is 360 g/mol. The van der Waals surface area contributed by atoms with E-state index >= 15 is 0 Å². The normalized spacial score (nSPS) is 11.8. The third kappa shape index (κ3) is 5.61. The average molecular weight is 360 g/mol. The highest BCUT2D eigenvalue weighted by molar-refractivity contribution is 5.87. The van der Waals surface area contributed by atoms with Crippen molar-refractivity contribution in [2.75, 3.05) is 19.8 Å². The van der Waals surface area contributed by atoms with Crippen molar-refractivity contribution in [3.05, 3.63) is 54.1 Å². The van der Waals surface area contributed by atoms with Crippen LogP contribution < -0.4 is 0 Å². The zero-order valence-corrected chi connectivity index (χ0v) is 15.3. The second kappa shape index (κ2) is 9.60. The summed E-state index contributed by atoms with van der Waals surface area (Å²) in [6.45, 7) is 5.99. The molecule has 140 valence electrons. The number of imidazole rings is 1. The molecule has 1 heterocycles. The molecule has 0 aliphatic carbocycles. The number of nitrogens with zero attached hydrogens (tertiary/aromatic N) is 2. The second-order valence-corrected chi connectivity index (χ2v) is 6.21. The maximum Gasteiger partial charge on any atom is 0.508 e. The molecule has 0 radical (unpaired) electrons. The number of ether oxygens (including phenoxy) is 3. The van der Waals surface area contributed by atoms with Crippen LogP contribution in [0.3, 0.4) is 0 Å². The van der Waals surface area contributed by atoms with Gasteiger partial charge in [0.2, 0.25) is 0 Å². The number of hydrogen-bond acceptors (Lipinski definition) is 6. The van der Waals surface area contributed by atoms with E-state index in [1.807, 2.05) is 51.1 Å². The quantitative estimate of drug-likeness (QED) is 0.530. The van der Waals surface area contributed by atoms with Crippen molar-refractivity contribution in [2.45, 2.75) is 26.8 Å². The molecule has 1 atom stereocenters. The minimum Gasteiger partial charge on any atom is -0.457 e. The van der Waals surface area contributed by atoms with Crippen molar-refractivity contribution in [3.63, 3.8) is 0 Å². The van der Waals surface area contributed by atoms with E-state index in [2.05, 4.69) is 4.98 Å². The third-order valence-electron chi connectivity index (χ3n) is 3.65. The fraction of sp³-hybridized carbons (Fsp3) is 0.421. The lowest BCUT2D eigenvalue weighted by Crippen LogP contribution is -2.19. The van der Waals surface area contributed by atoms with Gasteiger partial charge in [-0.2, -0.15) is 0 Å². The van der Waals surface area contributed by atoms with Crippen LogP contribution in [-0.2, 0) is 14.2 Å². The molecular formula is C19H24N2O5. The SMILES string of the molecule is CC(C)COC(=O)OCCOC(=O)c1cncn1[C@H](C)c1ccccc1. The molecule has 0 unspecified atom stereocenters. The van der Waals surface area contributed by atoms with E-state index in [0.29, 0.717) is 5.69 Å². The summed E-state index contributed by atoms with van der Waals surface area (Å²) in [7, 11) is 0. The first-order valence-corrected chi connectivity index (χ1v) is 8.52. The fourth-order valence-corrected chi connectivity index (χ4v) is 2.27. The lowest BCUT2D eigenvalue weighted by molar-refractivity contribution is 0.0192. The molecule has 7 nitrogen and oxygen atoms in total. The molecule has 2 aromatic rings. The molecule has 1 aromatic heterocycles. The predicted octanol–water partition coefficient (Wildman–Crippen LogP) is 3.46. The van der Waals surface area contributed by atoms with Gasteiger partial charge in [0.25, 0.3) is 0 Å². The Bertz CT molecular complexity index is 712. The van der Waals surface area contributed by atoms with Gasteiger partial charge in [-0.3, -0.25) is 0 Å². The highest BCUT2D eigenvalue weighted by Gasteiger charge is 2.18. The summed E-state index contributed by atoms with van der Waals surface area (Å²) in [5.41, 5.74) is 1.39. The van der Waals surface area contributed by atoms with Crippen molar-refractivity contribution >= 4 is 12.1 Å². The summed E-state index contributed by atoms with van der Waals surface area (Å²) in [5, 5.41) is 0. The maximum atomic E-state index is 12.3. The third-order valence-corrected chi connectivity index (χ3v) is 3.65. The lowest BCUT2D eigenvalue weighted by atomic mass is 10.1. The van der Waals surface area contributed by atoms with Crippen LogP contribution in [-0.4, -0.2) is 41.5 Å². The molecule has 0 N–H and O–H groups in total. The largest absolute Gasteiger partial charge is 0.508 e. The minimum absolute atomic E-state index is 0.0550. The van der Waals surface area contributed by atoms with Gasteiger partial charge in [-0.15, -0.1) is 0 Å². The van der Waals surface area contributed by atoms with Gasteiger partial charge in [-0.1, -0.05) is 44.2 Å². The number of carbonyl (C=O) groups excluding carboxylic acids is 2. The Morgan fingerprint density at radius 2 is 1.73 bits per heavy atom. The van der Waals surface area contributed by atoms with Gasteiger partial charge in [0.1, 0.15) is 18.9 Å². The van der Waals surface area contributed by atoms with E-state index < -0.39 is 12.1 Å². The molecule has 0 aliphatic rings. The first-order chi connectivity index (χ1) is 12.5. The van der Waals surface area contributed by atoms with E-state index in [0.717, 1.165) is 5.56 Å². The van der Waals surface area contributed by atoms with Gasteiger partial charge in [0.05, 0.1) is 25.2 Å². The van der Waals surface area contributed by atoms with Crippen molar-refractivity contribution in [2.24, 2.45) is 5.92 Å². The molecule has 0 aliphatic heterocycles. The Kier molecular flexibility index (Phi) is 7.20. The molecule has 0 bridgehead atoms. The zero-order valence-electron chi connectivity index (χ0n) is 15.3. The van der Waals surface area contributed by atoms with Crippen LogP contribution in [0.5, 0.6) is 0 Å². The topological polar surface area (TPSA) is 79.7 Å². The highest BCUT2D eigenvalue weighted by atomic mass is 16.7. The van der Waals surface area contributed by atoms with Gasteiger partial charge in [-0.25, -0.2) is 14.6 Å². The predicted molar refractivity (Wildman–Crippen MR) is 94.9 cm³/mol. The Labute approximate surface area is 152 Å². The smallest absolute Gasteiger partial charge is 0.457 e. The molecule has 0 saturated heterocycles. The van der Waals surface area contributed by atoms with E-state index in [-0.39, 0.29) is 31.8 Å². The minimum atomic E-state index is -0.766. The molecule has 0 fully saturated rings. The van der Waals surface area contributed by atoms with Crippen LogP contribution in [0, 0.1) is 5.92 Å². The van der Waals surface area contributed by atoms with Crippen LogP contribution in [0.4, 0.5) is 4.79 Å². The first-order valence-electron chi connectivity index (χ1n) is 8.52. The van der Waals surface area contributed by atoms with Gasteiger partial charge in [0.15, 0.2) is 0 Å². The first kappa shape index (κ1) is 19.5. The summed E-state index contributed by atoms with van der Waals surface area (Å²) in [4.78, 5) is 27.6. The molecule has 7 heteroatoms. The number of esters is 1. The number of benzene rings is 1. The van der Waals surface area contributed by atoms with Crippen LogP contribution in [0.2, 0.25) is 0 Å². The summed E-state index contributed by atoms with van der Waals surface area (Å²) in [5.74, 6) is -0.295. The molecular weight excluding hydrogens is 336 g/mol. The van der Waals surface area contributed by atoms with Crippen molar-refractivity contribution < 1.29 is 23.8 Å². The zero-order chi connectivity index (χ0) is 18.9. The van der Waals surface area contributed by atoms with Crippen molar-refractivity contribution in [1.29, 1.82) is 0 Å². The lowest BCUT2D eigenvalue weighted by Gasteiger charge is -2.16. The van der Waals surface area contributed by atoms with Crippen LogP contribution in [0.25, 0.3) is 0 Å². The standard InChI is InChI=1S/C19H24N2O5/c1-14(2)12-26-19(23)25-10-9-24-18(22)17-11-20-13-21(17)15(3)16-7-5-4-6-8-16/h4-8,11,13-15H,9-10,12H2,1-3H3/t15-/m1/s1. The molecule has 0 saturated carbocycles. The molecule has 26 heavy (non-hydrogen) atoms. The Morgan fingerprint density at radius 3 is 2.42 bits per heavy atom.